The monoisotopic (exact) mass is 180 g/mol. The Bertz CT molecular complexity index is 298. The zero-order valence-corrected chi connectivity index (χ0v) is 8.39. The first-order valence-corrected chi connectivity index (χ1v) is 4.75. The highest BCUT2D eigenvalue weighted by molar-refractivity contribution is 5.09. The number of hydrogen-bond donors (Lipinski definition) is 2. The maximum absolute atomic E-state index is 4.49. The van der Waals surface area contributed by atoms with Crippen molar-refractivity contribution in [3.05, 3.63) is 11.6 Å². The average Bonchev–Trinajstić information content (AvgIpc) is 2.83. The van der Waals surface area contributed by atoms with Crippen molar-refractivity contribution in [2.45, 2.75) is 38.1 Å². The first-order chi connectivity index (χ1) is 6.13. The third-order valence-corrected chi connectivity index (χ3v) is 2.65. The van der Waals surface area contributed by atoms with E-state index in [2.05, 4.69) is 34.3 Å². The van der Waals surface area contributed by atoms with Crippen molar-refractivity contribution in [2.24, 2.45) is 0 Å². The summed E-state index contributed by atoms with van der Waals surface area (Å²) in [6.07, 6.45) is 2.52. The van der Waals surface area contributed by atoms with Gasteiger partial charge in [0.2, 0.25) is 0 Å². The van der Waals surface area contributed by atoms with E-state index in [9.17, 15) is 0 Å². The molecule has 1 heterocycles. The minimum atomic E-state index is -0.135. The van der Waals surface area contributed by atoms with E-state index in [1.54, 1.807) is 0 Å². The zero-order chi connectivity index (χ0) is 9.47. The van der Waals surface area contributed by atoms with Gasteiger partial charge in [-0.05, 0) is 33.7 Å². The molecule has 0 atom stereocenters. The van der Waals surface area contributed by atoms with Crippen molar-refractivity contribution in [2.75, 3.05) is 7.05 Å². The van der Waals surface area contributed by atoms with E-state index in [4.69, 9.17) is 0 Å². The maximum Gasteiger partial charge on any atom is 0.170 e. The highest BCUT2D eigenvalue weighted by atomic mass is 15.2. The topological polar surface area (TPSA) is 53.6 Å². The van der Waals surface area contributed by atoms with Crippen molar-refractivity contribution < 1.29 is 0 Å². The van der Waals surface area contributed by atoms with E-state index >= 15 is 0 Å². The Morgan fingerprint density at radius 3 is 2.69 bits per heavy atom. The summed E-state index contributed by atoms with van der Waals surface area (Å²) in [5, 5.41) is 10.4. The fraction of sp³-hybridized carbons (Fsp3) is 0.778. The van der Waals surface area contributed by atoms with Gasteiger partial charge in [-0.1, -0.05) is 0 Å². The van der Waals surface area contributed by atoms with Crippen molar-refractivity contribution in [3.63, 3.8) is 0 Å². The standard InChI is InChI=1S/C9H16N4/c1-9(2,10-3)8-11-7(12-13-8)6-4-5-6/h6,10H,4-5H2,1-3H3,(H,11,12,13). The first-order valence-electron chi connectivity index (χ1n) is 4.75. The smallest absolute Gasteiger partial charge is 0.170 e. The quantitative estimate of drug-likeness (QED) is 0.733. The van der Waals surface area contributed by atoms with Gasteiger partial charge in [-0.2, -0.15) is 5.10 Å². The van der Waals surface area contributed by atoms with Crippen molar-refractivity contribution in [1.82, 2.24) is 20.5 Å². The molecule has 0 amide bonds. The maximum atomic E-state index is 4.49. The van der Waals surface area contributed by atoms with Gasteiger partial charge >= 0.3 is 0 Å². The summed E-state index contributed by atoms with van der Waals surface area (Å²) in [6.45, 7) is 4.15. The number of aromatic amines is 1. The van der Waals surface area contributed by atoms with Gasteiger partial charge in [-0.3, -0.25) is 5.10 Å². The lowest BCUT2D eigenvalue weighted by molar-refractivity contribution is 0.418. The molecule has 1 aliphatic carbocycles. The number of aromatic nitrogens is 3. The second-order valence-electron chi connectivity index (χ2n) is 4.19. The molecule has 0 bridgehead atoms. The second-order valence-corrected chi connectivity index (χ2v) is 4.19. The average molecular weight is 180 g/mol. The molecule has 1 aromatic heterocycles. The zero-order valence-electron chi connectivity index (χ0n) is 8.39. The molecule has 1 aromatic rings. The number of nitrogens with one attached hydrogen (secondary N) is 2. The molecule has 13 heavy (non-hydrogen) atoms. The molecule has 1 aliphatic rings. The summed E-state index contributed by atoms with van der Waals surface area (Å²) in [6, 6.07) is 0. The number of hydrogen-bond acceptors (Lipinski definition) is 3. The Morgan fingerprint density at radius 2 is 2.15 bits per heavy atom. The lowest BCUT2D eigenvalue weighted by Crippen LogP contribution is -2.34. The van der Waals surface area contributed by atoms with E-state index in [-0.39, 0.29) is 5.54 Å². The minimum absolute atomic E-state index is 0.135. The number of H-pyrrole nitrogens is 1. The van der Waals surface area contributed by atoms with Crippen LogP contribution in [0.5, 0.6) is 0 Å². The van der Waals surface area contributed by atoms with Gasteiger partial charge in [0.25, 0.3) is 0 Å². The molecule has 0 unspecified atom stereocenters. The van der Waals surface area contributed by atoms with Crippen LogP contribution in [0.15, 0.2) is 0 Å². The van der Waals surface area contributed by atoms with E-state index in [1.165, 1.54) is 12.8 Å². The van der Waals surface area contributed by atoms with E-state index in [1.807, 2.05) is 7.05 Å². The summed E-state index contributed by atoms with van der Waals surface area (Å²) in [5.74, 6) is 2.56. The summed E-state index contributed by atoms with van der Waals surface area (Å²) in [5.41, 5.74) is -0.135. The van der Waals surface area contributed by atoms with Crippen LogP contribution in [0.2, 0.25) is 0 Å². The van der Waals surface area contributed by atoms with Gasteiger partial charge in [0.15, 0.2) is 5.82 Å². The van der Waals surface area contributed by atoms with Crippen LogP contribution in [-0.2, 0) is 5.54 Å². The Kier molecular flexibility index (Phi) is 1.87. The van der Waals surface area contributed by atoms with Crippen LogP contribution in [-0.4, -0.2) is 22.2 Å². The molecule has 0 aliphatic heterocycles. The van der Waals surface area contributed by atoms with Crippen LogP contribution in [0, 0.1) is 0 Å². The van der Waals surface area contributed by atoms with Crippen LogP contribution in [0.3, 0.4) is 0 Å². The van der Waals surface area contributed by atoms with Gasteiger partial charge < -0.3 is 5.32 Å². The van der Waals surface area contributed by atoms with Crippen molar-refractivity contribution in [1.29, 1.82) is 0 Å². The Balaban J connectivity index is 2.20. The molecular weight excluding hydrogens is 164 g/mol. The molecule has 4 heteroatoms. The summed E-state index contributed by atoms with van der Waals surface area (Å²) >= 11 is 0. The SMILES string of the molecule is CNC(C)(C)c1n[nH]c(C2CC2)n1. The van der Waals surface area contributed by atoms with Crippen molar-refractivity contribution >= 4 is 0 Å². The normalized spacial score (nSPS) is 17.8. The van der Waals surface area contributed by atoms with E-state index in [0.717, 1.165) is 11.6 Å². The van der Waals surface area contributed by atoms with Gasteiger partial charge in [-0.25, -0.2) is 4.98 Å². The highest BCUT2D eigenvalue weighted by Gasteiger charge is 2.30. The molecule has 1 fully saturated rings. The molecule has 4 nitrogen and oxygen atoms in total. The van der Waals surface area contributed by atoms with Crippen LogP contribution in [0.1, 0.15) is 44.3 Å². The summed E-state index contributed by atoms with van der Waals surface area (Å²) in [4.78, 5) is 4.49. The van der Waals surface area contributed by atoms with Crippen LogP contribution in [0.4, 0.5) is 0 Å². The fourth-order valence-electron chi connectivity index (χ4n) is 1.20. The molecule has 0 aromatic carbocycles. The van der Waals surface area contributed by atoms with Gasteiger partial charge in [0.1, 0.15) is 5.82 Å². The third kappa shape index (κ3) is 1.58. The predicted octanol–water partition coefficient (Wildman–Crippen LogP) is 1.14. The molecule has 0 saturated heterocycles. The number of rotatable bonds is 3. The Hall–Kier alpha value is -0.900. The fourth-order valence-corrected chi connectivity index (χ4v) is 1.20. The first kappa shape index (κ1) is 8.69. The molecular formula is C9H16N4. The molecule has 0 radical (unpaired) electrons. The molecule has 72 valence electrons. The van der Waals surface area contributed by atoms with Crippen LogP contribution >= 0.6 is 0 Å². The molecule has 0 spiro atoms. The van der Waals surface area contributed by atoms with Crippen molar-refractivity contribution in [3.8, 4) is 0 Å². The second kappa shape index (κ2) is 2.80. The number of nitrogens with zero attached hydrogens (tertiary/aromatic N) is 2. The lowest BCUT2D eigenvalue weighted by Gasteiger charge is -2.19. The molecule has 1 saturated carbocycles. The largest absolute Gasteiger partial charge is 0.308 e. The Labute approximate surface area is 78.1 Å². The Morgan fingerprint density at radius 1 is 1.46 bits per heavy atom. The third-order valence-electron chi connectivity index (χ3n) is 2.65. The van der Waals surface area contributed by atoms with Gasteiger partial charge in [0, 0.05) is 5.92 Å². The van der Waals surface area contributed by atoms with Gasteiger partial charge in [0.05, 0.1) is 5.54 Å². The molecule has 2 N–H and O–H groups in total. The lowest BCUT2D eigenvalue weighted by atomic mass is 10.1. The molecule has 2 rings (SSSR count). The summed E-state index contributed by atoms with van der Waals surface area (Å²) in [7, 11) is 1.92. The van der Waals surface area contributed by atoms with Crippen LogP contribution in [0.25, 0.3) is 0 Å². The van der Waals surface area contributed by atoms with E-state index in [0.29, 0.717) is 5.92 Å². The van der Waals surface area contributed by atoms with Crippen LogP contribution < -0.4 is 5.32 Å². The van der Waals surface area contributed by atoms with Gasteiger partial charge in [-0.15, -0.1) is 0 Å². The highest BCUT2D eigenvalue weighted by Crippen LogP contribution is 2.38. The van der Waals surface area contributed by atoms with E-state index < -0.39 is 0 Å². The summed E-state index contributed by atoms with van der Waals surface area (Å²) < 4.78 is 0. The predicted molar refractivity (Wildman–Crippen MR) is 50.4 cm³/mol. The minimum Gasteiger partial charge on any atom is -0.308 e.